The summed E-state index contributed by atoms with van der Waals surface area (Å²) in [5.74, 6) is 0.833. The number of hydrogen-bond donors (Lipinski definition) is 2. The van der Waals surface area contributed by atoms with Gasteiger partial charge < -0.3 is 20.4 Å². The summed E-state index contributed by atoms with van der Waals surface area (Å²) in [5, 5.41) is 6.69. The van der Waals surface area contributed by atoms with Crippen LogP contribution in [0.5, 0.6) is 0 Å². The van der Waals surface area contributed by atoms with Crippen molar-refractivity contribution >= 4 is 35.8 Å². The highest BCUT2D eigenvalue weighted by atomic mass is 127. The Hall–Kier alpha value is -1.35. The fourth-order valence-electron chi connectivity index (χ4n) is 2.95. The van der Waals surface area contributed by atoms with Crippen molar-refractivity contribution in [3.63, 3.8) is 0 Å². The first-order valence-corrected chi connectivity index (χ1v) is 9.07. The van der Waals surface area contributed by atoms with Crippen LogP contribution in [0.1, 0.15) is 35.2 Å². The number of rotatable bonds is 6. The molecule has 26 heavy (non-hydrogen) atoms. The second-order valence-corrected chi connectivity index (χ2v) is 6.65. The van der Waals surface area contributed by atoms with Crippen LogP contribution in [0.2, 0.25) is 0 Å². The normalized spacial score (nSPS) is 15.1. The number of likely N-dealkylation sites (tertiary alicyclic amines) is 1. The third-order valence-electron chi connectivity index (χ3n) is 4.46. The van der Waals surface area contributed by atoms with E-state index >= 15 is 0 Å². The molecule has 0 spiro atoms. The number of guanidine groups is 1. The predicted molar refractivity (Wildman–Crippen MR) is 118 cm³/mol. The zero-order valence-corrected chi connectivity index (χ0v) is 18.5. The number of nitrogens with zero attached hydrogens (tertiary/aromatic N) is 3. The third kappa shape index (κ3) is 7.49. The van der Waals surface area contributed by atoms with Crippen LogP contribution < -0.4 is 10.6 Å². The van der Waals surface area contributed by atoms with E-state index in [9.17, 15) is 4.79 Å². The van der Waals surface area contributed by atoms with Crippen LogP contribution in [-0.2, 0) is 6.54 Å². The number of carbonyl (C=O) groups is 1. The second kappa shape index (κ2) is 12.1. The summed E-state index contributed by atoms with van der Waals surface area (Å²) in [4.78, 5) is 20.3. The number of piperidine rings is 1. The molecule has 7 heteroatoms. The highest BCUT2D eigenvalue weighted by molar-refractivity contribution is 14.0. The second-order valence-electron chi connectivity index (χ2n) is 6.65. The maximum absolute atomic E-state index is 11.9. The molecular weight excluding hydrogens is 441 g/mol. The summed E-state index contributed by atoms with van der Waals surface area (Å²) in [5.41, 5.74) is 1.83. The molecule has 146 valence electrons. The van der Waals surface area contributed by atoms with E-state index in [-0.39, 0.29) is 29.9 Å². The standard InChI is InChI=1S/C19H31N5O.HI/c1-20-19(21-11-14-24-12-5-4-6-13-24)22-15-16-7-9-17(10-8-16)18(25)23(2)3;/h7-10H,4-6,11-15H2,1-3H3,(H2,20,21,22);1H. The molecular formula is C19H32IN5O. The minimum atomic E-state index is 0. The minimum absolute atomic E-state index is 0. The van der Waals surface area contributed by atoms with E-state index in [1.807, 2.05) is 24.3 Å². The van der Waals surface area contributed by atoms with Gasteiger partial charge in [-0.25, -0.2) is 0 Å². The Balaban J connectivity index is 0.00000338. The Morgan fingerprint density at radius 2 is 1.77 bits per heavy atom. The molecule has 0 unspecified atom stereocenters. The molecule has 1 saturated heterocycles. The van der Waals surface area contributed by atoms with Gasteiger partial charge in [0.1, 0.15) is 0 Å². The summed E-state index contributed by atoms with van der Waals surface area (Å²) in [6.45, 7) is 5.06. The van der Waals surface area contributed by atoms with Crippen LogP contribution in [0.4, 0.5) is 0 Å². The van der Waals surface area contributed by atoms with Gasteiger partial charge in [-0.1, -0.05) is 18.6 Å². The van der Waals surface area contributed by atoms with Crippen molar-refractivity contribution in [3.05, 3.63) is 35.4 Å². The third-order valence-corrected chi connectivity index (χ3v) is 4.46. The van der Waals surface area contributed by atoms with Crippen LogP contribution in [0, 0.1) is 0 Å². The van der Waals surface area contributed by atoms with E-state index in [4.69, 9.17) is 0 Å². The van der Waals surface area contributed by atoms with E-state index in [0.717, 1.165) is 24.6 Å². The molecule has 0 aromatic heterocycles. The van der Waals surface area contributed by atoms with Gasteiger partial charge in [0.2, 0.25) is 0 Å². The molecule has 1 aliphatic heterocycles. The van der Waals surface area contributed by atoms with Gasteiger partial charge in [0.05, 0.1) is 0 Å². The largest absolute Gasteiger partial charge is 0.355 e. The molecule has 0 bridgehead atoms. The predicted octanol–water partition coefficient (Wildman–Crippen LogP) is 2.16. The molecule has 1 amide bonds. The molecule has 0 aliphatic carbocycles. The number of hydrogen-bond acceptors (Lipinski definition) is 3. The van der Waals surface area contributed by atoms with Crippen molar-refractivity contribution in [2.75, 3.05) is 47.3 Å². The Morgan fingerprint density at radius 3 is 2.35 bits per heavy atom. The summed E-state index contributed by atoms with van der Waals surface area (Å²) < 4.78 is 0. The van der Waals surface area contributed by atoms with Crippen molar-refractivity contribution < 1.29 is 4.79 Å². The Bertz CT molecular complexity index is 568. The van der Waals surface area contributed by atoms with E-state index in [1.165, 1.54) is 32.4 Å². The molecule has 1 heterocycles. The van der Waals surface area contributed by atoms with Gasteiger partial charge in [0.15, 0.2) is 5.96 Å². The van der Waals surface area contributed by atoms with Crippen molar-refractivity contribution in [2.24, 2.45) is 4.99 Å². The number of amides is 1. The molecule has 0 saturated carbocycles. The van der Waals surface area contributed by atoms with Crippen LogP contribution in [-0.4, -0.2) is 69.0 Å². The molecule has 6 nitrogen and oxygen atoms in total. The molecule has 0 radical (unpaired) electrons. The highest BCUT2D eigenvalue weighted by Crippen LogP contribution is 2.07. The lowest BCUT2D eigenvalue weighted by Crippen LogP contribution is -2.42. The van der Waals surface area contributed by atoms with E-state index in [2.05, 4.69) is 20.5 Å². The number of carbonyl (C=O) groups excluding carboxylic acids is 1. The highest BCUT2D eigenvalue weighted by Gasteiger charge is 2.10. The van der Waals surface area contributed by atoms with Crippen molar-refractivity contribution in [3.8, 4) is 0 Å². The number of benzene rings is 1. The lowest BCUT2D eigenvalue weighted by atomic mass is 10.1. The first-order chi connectivity index (χ1) is 12.1. The van der Waals surface area contributed by atoms with E-state index in [0.29, 0.717) is 12.1 Å². The van der Waals surface area contributed by atoms with Crippen molar-refractivity contribution in [2.45, 2.75) is 25.8 Å². The SMILES string of the molecule is CN=C(NCCN1CCCCC1)NCc1ccc(C(=O)N(C)C)cc1.I. The Labute approximate surface area is 174 Å². The first-order valence-electron chi connectivity index (χ1n) is 9.07. The van der Waals surface area contributed by atoms with Crippen LogP contribution in [0.25, 0.3) is 0 Å². The van der Waals surface area contributed by atoms with E-state index < -0.39 is 0 Å². The van der Waals surface area contributed by atoms with Gasteiger partial charge in [-0.3, -0.25) is 9.79 Å². The fourth-order valence-corrected chi connectivity index (χ4v) is 2.95. The molecule has 2 N–H and O–H groups in total. The fraction of sp³-hybridized carbons (Fsp3) is 0.579. The number of halogens is 1. The molecule has 2 rings (SSSR count). The van der Waals surface area contributed by atoms with Crippen LogP contribution >= 0.6 is 24.0 Å². The molecule has 0 atom stereocenters. The first kappa shape index (κ1) is 22.7. The molecule has 1 aliphatic rings. The maximum Gasteiger partial charge on any atom is 0.253 e. The van der Waals surface area contributed by atoms with Crippen LogP contribution in [0.3, 0.4) is 0 Å². The van der Waals surface area contributed by atoms with Crippen LogP contribution in [0.15, 0.2) is 29.3 Å². The maximum atomic E-state index is 11.9. The van der Waals surface area contributed by atoms with Gasteiger partial charge >= 0.3 is 0 Å². The van der Waals surface area contributed by atoms with Gasteiger partial charge in [0.25, 0.3) is 5.91 Å². The zero-order valence-electron chi connectivity index (χ0n) is 16.1. The Morgan fingerprint density at radius 1 is 1.12 bits per heavy atom. The summed E-state index contributed by atoms with van der Waals surface area (Å²) in [6, 6.07) is 7.69. The number of nitrogens with one attached hydrogen (secondary N) is 2. The number of aliphatic imine (C=N–C) groups is 1. The summed E-state index contributed by atoms with van der Waals surface area (Å²) >= 11 is 0. The topological polar surface area (TPSA) is 60.0 Å². The smallest absolute Gasteiger partial charge is 0.253 e. The van der Waals surface area contributed by atoms with Crippen molar-refractivity contribution in [1.29, 1.82) is 0 Å². The lowest BCUT2D eigenvalue weighted by molar-refractivity contribution is 0.0827. The summed E-state index contributed by atoms with van der Waals surface area (Å²) in [6.07, 6.45) is 4.00. The van der Waals surface area contributed by atoms with Gasteiger partial charge in [-0.15, -0.1) is 24.0 Å². The average molecular weight is 473 g/mol. The lowest BCUT2D eigenvalue weighted by Gasteiger charge is -2.26. The quantitative estimate of drug-likeness (QED) is 0.378. The van der Waals surface area contributed by atoms with Gasteiger partial charge in [-0.05, 0) is 43.6 Å². The minimum Gasteiger partial charge on any atom is -0.355 e. The van der Waals surface area contributed by atoms with Gasteiger partial charge in [0, 0.05) is 46.3 Å². The Kier molecular flexibility index (Phi) is 10.6. The average Bonchev–Trinajstić information content (AvgIpc) is 2.65. The monoisotopic (exact) mass is 473 g/mol. The van der Waals surface area contributed by atoms with Gasteiger partial charge in [-0.2, -0.15) is 0 Å². The molecule has 1 fully saturated rings. The summed E-state index contributed by atoms with van der Waals surface area (Å²) in [7, 11) is 5.31. The van der Waals surface area contributed by atoms with Crippen molar-refractivity contribution in [1.82, 2.24) is 20.4 Å². The molecule has 1 aromatic rings. The zero-order chi connectivity index (χ0) is 18.1. The van der Waals surface area contributed by atoms with E-state index in [1.54, 1.807) is 26.0 Å². The molecule has 1 aromatic carbocycles.